The summed E-state index contributed by atoms with van der Waals surface area (Å²) in [4.78, 5) is 39.6. The Hall–Kier alpha value is -3.30. The molecule has 0 spiro atoms. The highest BCUT2D eigenvalue weighted by Crippen LogP contribution is 2.20. The van der Waals surface area contributed by atoms with Gasteiger partial charge in [0.15, 0.2) is 5.84 Å². The van der Waals surface area contributed by atoms with Crippen molar-refractivity contribution in [3.63, 3.8) is 0 Å². The highest BCUT2D eigenvalue weighted by atomic mass is 16.5. The molecule has 10 heteroatoms. The fourth-order valence-electron chi connectivity index (χ4n) is 3.83. The van der Waals surface area contributed by atoms with Crippen LogP contribution in [0.3, 0.4) is 0 Å². The number of unbranched alkanes of at least 4 members (excludes halogenated alkanes) is 2. The second-order valence-electron chi connectivity index (χ2n) is 8.00. The van der Waals surface area contributed by atoms with Gasteiger partial charge < -0.3 is 31.2 Å². The van der Waals surface area contributed by atoms with Crippen LogP contribution in [-0.4, -0.2) is 59.1 Å². The largest absolute Gasteiger partial charge is 0.450 e. The lowest BCUT2D eigenvalue weighted by Gasteiger charge is -2.28. The number of nitrogens with two attached hydrogens (primary N) is 1. The number of carbonyl (C=O) groups excluding carboxylic acids is 3. The van der Waals surface area contributed by atoms with Gasteiger partial charge in [0.05, 0.1) is 6.61 Å². The van der Waals surface area contributed by atoms with Crippen LogP contribution < -0.4 is 16.4 Å². The number of hydrogen-bond donors (Lipinski definition) is 4. The Bertz CT molecular complexity index is 827. The van der Waals surface area contributed by atoms with Crippen LogP contribution in [0, 0.1) is 0 Å². The first kappa shape index (κ1) is 26.0. The van der Waals surface area contributed by atoms with Crippen LogP contribution in [0.25, 0.3) is 0 Å². The van der Waals surface area contributed by atoms with Gasteiger partial charge in [-0.3, -0.25) is 9.59 Å². The highest BCUT2D eigenvalue weighted by Gasteiger charge is 2.37. The van der Waals surface area contributed by atoms with Crippen molar-refractivity contribution in [1.82, 2.24) is 15.5 Å². The van der Waals surface area contributed by atoms with Crippen LogP contribution >= 0.6 is 0 Å². The molecule has 1 saturated heterocycles. The molecule has 2 rings (SSSR count). The molecule has 0 unspecified atom stereocenters. The van der Waals surface area contributed by atoms with E-state index < -0.39 is 18.2 Å². The summed E-state index contributed by atoms with van der Waals surface area (Å²) in [7, 11) is 0. The zero-order chi connectivity index (χ0) is 24.2. The second-order valence-corrected chi connectivity index (χ2v) is 8.00. The number of likely N-dealkylation sites (tertiary alicyclic amines) is 1. The van der Waals surface area contributed by atoms with Crippen molar-refractivity contribution < 1.29 is 24.3 Å². The van der Waals surface area contributed by atoms with E-state index in [-0.39, 0.29) is 30.8 Å². The van der Waals surface area contributed by atoms with Gasteiger partial charge in [-0.05, 0) is 31.7 Å². The maximum atomic E-state index is 13.2. The summed E-state index contributed by atoms with van der Waals surface area (Å²) in [6.07, 6.45) is 3.92. The van der Waals surface area contributed by atoms with Crippen molar-refractivity contribution >= 4 is 23.7 Å². The maximum Gasteiger partial charge on any atom is 0.407 e. The molecule has 182 valence electrons. The van der Waals surface area contributed by atoms with Gasteiger partial charge in [-0.15, -0.1) is 0 Å². The number of ether oxygens (including phenoxy) is 1. The third kappa shape index (κ3) is 7.65. The Balaban J connectivity index is 2.00. The number of nitrogens with one attached hydrogen (secondary N) is 2. The highest BCUT2D eigenvalue weighted by molar-refractivity contribution is 5.97. The van der Waals surface area contributed by atoms with E-state index in [1.165, 1.54) is 0 Å². The van der Waals surface area contributed by atoms with Gasteiger partial charge in [0.2, 0.25) is 11.8 Å². The first-order chi connectivity index (χ1) is 15.9. The SMILES string of the molecule is CCCCC[C@@H](NC(=O)OCC)C(=O)N1CCC[C@H]1C(=O)NCc1ccc(C(N)=NO)cc1. The smallest absolute Gasteiger partial charge is 0.407 e. The zero-order valence-corrected chi connectivity index (χ0v) is 19.4. The minimum absolute atomic E-state index is 0.00983. The molecule has 1 aromatic rings. The van der Waals surface area contributed by atoms with E-state index in [4.69, 9.17) is 15.7 Å². The number of alkyl carbamates (subject to hydrolysis) is 1. The van der Waals surface area contributed by atoms with Crippen molar-refractivity contribution in [1.29, 1.82) is 0 Å². The number of benzene rings is 1. The molecule has 33 heavy (non-hydrogen) atoms. The number of amidine groups is 1. The second kappa shape index (κ2) is 13.3. The lowest BCUT2D eigenvalue weighted by molar-refractivity contribution is -0.140. The van der Waals surface area contributed by atoms with E-state index in [1.54, 1.807) is 36.1 Å². The number of hydrogen-bond acceptors (Lipinski definition) is 6. The third-order valence-corrected chi connectivity index (χ3v) is 5.62. The number of nitrogens with zero attached hydrogens (tertiary/aromatic N) is 2. The first-order valence-electron chi connectivity index (χ1n) is 11.5. The molecule has 0 radical (unpaired) electrons. The Morgan fingerprint density at radius 3 is 2.61 bits per heavy atom. The predicted molar refractivity (Wildman–Crippen MR) is 124 cm³/mol. The average molecular weight is 462 g/mol. The van der Waals surface area contributed by atoms with Crippen LogP contribution in [0.4, 0.5) is 4.79 Å². The molecule has 1 fully saturated rings. The van der Waals surface area contributed by atoms with E-state index in [2.05, 4.69) is 22.7 Å². The lowest BCUT2D eigenvalue weighted by atomic mass is 10.1. The molecular formula is C23H35N5O5. The van der Waals surface area contributed by atoms with Crippen molar-refractivity contribution in [3.8, 4) is 0 Å². The normalized spacial score (nSPS) is 16.8. The fraction of sp³-hybridized carbons (Fsp3) is 0.565. The molecule has 10 nitrogen and oxygen atoms in total. The molecular weight excluding hydrogens is 426 g/mol. The molecule has 0 saturated carbocycles. The predicted octanol–water partition coefficient (Wildman–Crippen LogP) is 2.08. The summed E-state index contributed by atoms with van der Waals surface area (Å²) in [5, 5.41) is 17.3. The van der Waals surface area contributed by atoms with Gasteiger partial charge in [0.1, 0.15) is 12.1 Å². The van der Waals surface area contributed by atoms with E-state index in [0.717, 1.165) is 31.2 Å². The summed E-state index contributed by atoms with van der Waals surface area (Å²) in [6.45, 7) is 4.75. The van der Waals surface area contributed by atoms with Gasteiger partial charge in [-0.1, -0.05) is 55.6 Å². The minimum Gasteiger partial charge on any atom is -0.450 e. The molecule has 2 atom stereocenters. The molecule has 1 aliphatic rings. The summed E-state index contributed by atoms with van der Waals surface area (Å²) >= 11 is 0. The Kier molecular flexibility index (Phi) is 10.5. The van der Waals surface area contributed by atoms with Crippen LogP contribution in [0.15, 0.2) is 29.4 Å². The van der Waals surface area contributed by atoms with E-state index in [0.29, 0.717) is 24.9 Å². The van der Waals surface area contributed by atoms with Gasteiger partial charge in [0.25, 0.3) is 0 Å². The number of oxime groups is 1. The monoisotopic (exact) mass is 461 g/mol. The van der Waals surface area contributed by atoms with E-state index in [9.17, 15) is 14.4 Å². The third-order valence-electron chi connectivity index (χ3n) is 5.62. The summed E-state index contributed by atoms with van der Waals surface area (Å²) < 4.78 is 4.95. The Morgan fingerprint density at radius 2 is 1.97 bits per heavy atom. The summed E-state index contributed by atoms with van der Waals surface area (Å²) in [5.41, 5.74) is 6.98. The molecule has 5 N–H and O–H groups in total. The van der Waals surface area contributed by atoms with Crippen molar-refractivity contribution in [2.45, 2.75) is 71.0 Å². The quantitative estimate of drug-likeness (QED) is 0.130. The van der Waals surface area contributed by atoms with Crippen LogP contribution in [0.2, 0.25) is 0 Å². The molecule has 0 aromatic heterocycles. The average Bonchev–Trinajstić information content (AvgIpc) is 3.31. The Labute approximate surface area is 194 Å². The number of carbonyl (C=O) groups is 3. The van der Waals surface area contributed by atoms with Crippen molar-refractivity contribution in [2.24, 2.45) is 10.9 Å². The van der Waals surface area contributed by atoms with E-state index in [1.807, 2.05) is 0 Å². The topological polar surface area (TPSA) is 146 Å². The lowest BCUT2D eigenvalue weighted by Crippen LogP contribution is -2.53. The molecule has 1 aromatic carbocycles. The molecule has 0 aliphatic carbocycles. The molecule has 0 bridgehead atoms. The molecule has 3 amide bonds. The fourth-order valence-corrected chi connectivity index (χ4v) is 3.83. The van der Waals surface area contributed by atoms with Gasteiger partial charge in [-0.25, -0.2) is 4.79 Å². The standard InChI is InChI=1S/C23H35N5O5/c1-3-5-6-8-18(26-23(31)33-4-2)22(30)28-14-7-9-19(28)21(29)25-15-16-10-12-17(13-11-16)20(24)27-32/h10-13,18-19,32H,3-9,14-15H2,1-2H3,(H2,24,27)(H,25,29)(H,26,31)/t18-,19+/m1/s1. The maximum absolute atomic E-state index is 13.2. The van der Waals surface area contributed by atoms with Gasteiger partial charge in [0, 0.05) is 18.7 Å². The number of rotatable bonds is 11. The first-order valence-corrected chi connectivity index (χ1v) is 11.5. The van der Waals surface area contributed by atoms with Gasteiger partial charge in [-0.2, -0.15) is 0 Å². The van der Waals surface area contributed by atoms with Crippen LogP contribution in [0.1, 0.15) is 63.5 Å². The minimum atomic E-state index is -0.713. The van der Waals surface area contributed by atoms with Gasteiger partial charge >= 0.3 is 6.09 Å². The van der Waals surface area contributed by atoms with Crippen molar-refractivity contribution in [3.05, 3.63) is 35.4 Å². The van der Waals surface area contributed by atoms with Crippen LogP contribution in [0.5, 0.6) is 0 Å². The summed E-state index contributed by atoms with van der Waals surface area (Å²) in [5.74, 6) is -0.472. The van der Waals surface area contributed by atoms with Crippen LogP contribution in [-0.2, 0) is 20.9 Å². The number of amides is 3. The van der Waals surface area contributed by atoms with E-state index >= 15 is 0 Å². The zero-order valence-electron chi connectivity index (χ0n) is 19.4. The Morgan fingerprint density at radius 1 is 1.24 bits per heavy atom. The summed E-state index contributed by atoms with van der Waals surface area (Å²) in [6, 6.07) is 5.66. The molecule has 1 aliphatic heterocycles. The van der Waals surface area contributed by atoms with Crippen molar-refractivity contribution in [2.75, 3.05) is 13.2 Å². The molecule has 1 heterocycles.